The molecule has 3 aromatic rings. The number of nitrogens with zero attached hydrogens (tertiary/aromatic N) is 1. The van der Waals surface area contributed by atoms with E-state index in [0.717, 1.165) is 24.5 Å². The molecule has 3 rings (SSSR count). The van der Waals surface area contributed by atoms with Crippen LogP contribution in [0.1, 0.15) is 16.8 Å². The number of hydrogen-bond donors (Lipinski definition) is 2. The number of carbonyl (C=O) groups excluding carboxylic acids is 1. The van der Waals surface area contributed by atoms with E-state index in [-0.39, 0.29) is 23.5 Å². The lowest BCUT2D eigenvalue weighted by molar-refractivity contribution is -0.116. The van der Waals surface area contributed by atoms with Crippen LogP contribution in [0.5, 0.6) is 0 Å². The third-order valence-corrected chi connectivity index (χ3v) is 5.06. The highest BCUT2D eigenvalue weighted by atomic mass is 32.2. The van der Waals surface area contributed by atoms with Gasteiger partial charge < -0.3 is 5.32 Å². The molecule has 0 atom stereocenters. The van der Waals surface area contributed by atoms with Crippen molar-refractivity contribution in [1.82, 2.24) is 10.3 Å². The summed E-state index contributed by atoms with van der Waals surface area (Å²) in [6.07, 6.45) is 3.29. The number of rotatable bonds is 8. The second-order valence-corrected chi connectivity index (χ2v) is 8.99. The second kappa shape index (κ2) is 10.5. The van der Waals surface area contributed by atoms with Crippen molar-refractivity contribution < 1.29 is 30.8 Å². The fraction of sp³-hybridized carbons (Fsp3) is 0.130. The first-order valence-corrected chi connectivity index (χ1v) is 11.7. The Labute approximate surface area is 193 Å². The highest BCUT2D eigenvalue weighted by molar-refractivity contribution is 7.92. The van der Waals surface area contributed by atoms with Crippen molar-refractivity contribution in [3.05, 3.63) is 88.9 Å². The summed E-state index contributed by atoms with van der Waals surface area (Å²) in [6.45, 7) is -1.07. The summed E-state index contributed by atoms with van der Waals surface area (Å²) in [5.41, 5.74) is 0.475. The normalized spacial score (nSPS) is 11.6. The van der Waals surface area contributed by atoms with E-state index in [1.165, 1.54) is 36.4 Å². The highest BCUT2D eigenvalue weighted by Crippen LogP contribution is 2.25. The Morgan fingerprint density at radius 2 is 1.76 bits per heavy atom. The molecule has 178 valence electrons. The zero-order chi connectivity index (χ0) is 24.9. The predicted octanol–water partition coefficient (Wildman–Crippen LogP) is 4.34. The first-order valence-electron chi connectivity index (χ1n) is 9.79. The van der Waals surface area contributed by atoms with Gasteiger partial charge in [-0.15, -0.1) is 0 Å². The molecule has 2 aromatic carbocycles. The first kappa shape index (κ1) is 24.9. The van der Waals surface area contributed by atoms with E-state index in [1.807, 2.05) is 0 Å². The maximum atomic E-state index is 14.1. The van der Waals surface area contributed by atoms with Gasteiger partial charge in [0.25, 0.3) is 0 Å². The lowest BCUT2D eigenvalue weighted by Gasteiger charge is -2.10. The molecular formula is C23H19F4N3O3S. The lowest BCUT2D eigenvalue weighted by Crippen LogP contribution is -2.21. The molecule has 0 bridgehead atoms. The van der Waals surface area contributed by atoms with Gasteiger partial charge in [0.2, 0.25) is 15.9 Å². The van der Waals surface area contributed by atoms with Crippen molar-refractivity contribution >= 4 is 27.7 Å². The molecule has 1 amide bonds. The van der Waals surface area contributed by atoms with Gasteiger partial charge in [0.15, 0.2) is 11.6 Å². The van der Waals surface area contributed by atoms with Crippen molar-refractivity contribution in [3.8, 4) is 11.3 Å². The molecule has 0 saturated heterocycles. The standard InChI is InChI=1S/C23H19F4N3O3S/c1-34(32,33)30-23-19(26)9-14(10-20(23)27)13-28-21(31)8-6-15-5-7-18(12-24)29-22(15)16-3-2-4-17(25)11-16/h2-11,30H,12-13H2,1H3,(H,28,31)/b8-6+. The molecule has 11 heteroatoms. The molecule has 2 N–H and O–H groups in total. The van der Waals surface area contributed by atoms with Crippen LogP contribution in [0.25, 0.3) is 17.3 Å². The van der Waals surface area contributed by atoms with Crippen LogP contribution in [0.4, 0.5) is 23.2 Å². The number of pyridine rings is 1. The molecule has 0 radical (unpaired) electrons. The SMILES string of the molecule is CS(=O)(=O)Nc1c(F)cc(CNC(=O)/C=C/c2ccc(CF)nc2-c2cccc(F)c2)cc1F. The zero-order valence-corrected chi connectivity index (χ0v) is 18.6. The average molecular weight is 493 g/mol. The maximum Gasteiger partial charge on any atom is 0.244 e. The fourth-order valence-electron chi connectivity index (χ4n) is 3.01. The van der Waals surface area contributed by atoms with Crippen LogP contribution in [0, 0.1) is 17.5 Å². The Balaban J connectivity index is 1.75. The topological polar surface area (TPSA) is 88.2 Å². The Morgan fingerprint density at radius 3 is 2.38 bits per heavy atom. The molecule has 0 spiro atoms. The molecule has 34 heavy (non-hydrogen) atoms. The van der Waals surface area contributed by atoms with Gasteiger partial charge in [-0.1, -0.05) is 18.2 Å². The Morgan fingerprint density at radius 1 is 1.06 bits per heavy atom. The van der Waals surface area contributed by atoms with Crippen LogP contribution in [0.2, 0.25) is 0 Å². The lowest BCUT2D eigenvalue weighted by atomic mass is 10.0. The van der Waals surface area contributed by atoms with Crippen LogP contribution >= 0.6 is 0 Å². The van der Waals surface area contributed by atoms with E-state index in [1.54, 1.807) is 10.8 Å². The van der Waals surface area contributed by atoms with Crippen LogP contribution in [0.15, 0.2) is 54.6 Å². The number of benzene rings is 2. The summed E-state index contributed by atoms with van der Waals surface area (Å²) < 4.78 is 79.0. The zero-order valence-electron chi connectivity index (χ0n) is 17.8. The number of halogens is 4. The van der Waals surface area contributed by atoms with Crippen molar-refractivity contribution in [3.63, 3.8) is 0 Å². The van der Waals surface area contributed by atoms with E-state index in [2.05, 4.69) is 10.3 Å². The molecule has 0 saturated carbocycles. The molecule has 0 aliphatic heterocycles. The second-order valence-electron chi connectivity index (χ2n) is 7.24. The molecule has 1 aromatic heterocycles. The summed E-state index contributed by atoms with van der Waals surface area (Å²) in [6, 6.07) is 10.3. The minimum atomic E-state index is -3.88. The summed E-state index contributed by atoms with van der Waals surface area (Å²) >= 11 is 0. The van der Waals surface area contributed by atoms with E-state index in [0.29, 0.717) is 11.1 Å². The molecule has 0 aliphatic carbocycles. The Hall–Kier alpha value is -3.73. The van der Waals surface area contributed by atoms with Gasteiger partial charge in [-0.25, -0.2) is 31.0 Å². The van der Waals surface area contributed by atoms with Crippen LogP contribution in [-0.4, -0.2) is 25.6 Å². The maximum absolute atomic E-state index is 14.1. The number of carbonyl (C=O) groups is 1. The number of aromatic nitrogens is 1. The van der Waals surface area contributed by atoms with Gasteiger partial charge in [-0.2, -0.15) is 0 Å². The fourth-order valence-corrected chi connectivity index (χ4v) is 3.58. The van der Waals surface area contributed by atoms with Gasteiger partial charge in [0.05, 0.1) is 17.6 Å². The third kappa shape index (κ3) is 6.64. The quantitative estimate of drug-likeness (QED) is 0.361. The van der Waals surface area contributed by atoms with Gasteiger partial charge in [0.1, 0.15) is 18.2 Å². The average Bonchev–Trinajstić information content (AvgIpc) is 2.78. The van der Waals surface area contributed by atoms with Gasteiger partial charge in [-0.05, 0) is 42.0 Å². The minimum absolute atomic E-state index is 0.0604. The van der Waals surface area contributed by atoms with E-state index in [4.69, 9.17) is 0 Å². The summed E-state index contributed by atoms with van der Waals surface area (Å²) in [7, 11) is -3.88. The summed E-state index contributed by atoms with van der Waals surface area (Å²) in [5, 5.41) is 2.44. The molecular weight excluding hydrogens is 474 g/mol. The number of anilines is 1. The van der Waals surface area contributed by atoms with Crippen LogP contribution in [0.3, 0.4) is 0 Å². The number of sulfonamides is 1. The number of amides is 1. The van der Waals surface area contributed by atoms with Gasteiger partial charge in [0, 0.05) is 23.7 Å². The first-order chi connectivity index (χ1) is 16.1. The van der Waals surface area contributed by atoms with Gasteiger partial charge in [-0.3, -0.25) is 9.52 Å². The monoisotopic (exact) mass is 493 g/mol. The van der Waals surface area contributed by atoms with Crippen molar-refractivity contribution in [1.29, 1.82) is 0 Å². The smallest absolute Gasteiger partial charge is 0.244 e. The van der Waals surface area contributed by atoms with E-state index >= 15 is 0 Å². The number of hydrogen-bond acceptors (Lipinski definition) is 4. The number of nitrogens with one attached hydrogen (secondary N) is 2. The highest BCUT2D eigenvalue weighted by Gasteiger charge is 2.15. The molecule has 0 unspecified atom stereocenters. The van der Waals surface area contributed by atoms with Crippen LogP contribution < -0.4 is 10.0 Å². The van der Waals surface area contributed by atoms with Crippen LogP contribution in [-0.2, 0) is 28.0 Å². The minimum Gasteiger partial charge on any atom is -0.348 e. The van der Waals surface area contributed by atoms with Gasteiger partial charge >= 0.3 is 0 Å². The summed E-state index contributed by atoms with van der Waals surface area (Å²) in [4.78, 5) is 16.4. The summed E-state index contributed by atoms with van der Waals surface area (Å²) in [5.74, 6) is -3.39. The number of alkyl halides is 1. The predicted molar refractivity (Wildman–Crippen MR) is 120 cm³/mol. The largest absolute Gasteiger partial charge is 0.348 e. The molecule has 1 heterocycles. The Kier molecular flexibility index (Phi) is 7.67. The van der Waals surface area contributed by atoms with E-state index in [9.17, 15) is 30.8 Å². The van der Waals surface area contributed by atoms with Crippen molar-refractivity contribution in [2.45, 2.75) is 13.2 Å². The Bertz CT molecular complexity index is 1340. The third-order valence-electron chi connectivity index (χ3n) is 4.49. The van der Waals surface area contributed by atoms with Crippen molar-refractivity contribution in [2.75, 3.05) is 11.0 Å². The van der Waals surface area contributed by atoms with Crippen molar-refractivity contribution in [2.24, 2.45) is 0 Å². The molecule has 6 nitrogen and oxygen atoms in total. The van der Waals surface area contributed by atoms with E-state index < -0.39 is 45.7 Å². The molecule has 0 fully saturated rings. The molecule has 0 aliphatic rings.